The third kappa shape index (κ3) is 3.98. The number of nitrogens with two attached hydrogens (primary N) is 1. The number of aryl methyl sites for hydroxylation is 1. The molecule has 0 bridgehead atoms. The Labute approximate surface area is 205 Å². The van der Waals surface area contributed by atoms with Gasteiger partial charge in [0.1, 0.15) is 5.82 Å². The zero-order valence-corrected chi connectivity index (χ0v) is 19.3. The average Bonchev–Trinajstić information content (AvgIpc) is 3.31. The molecule has 5 N–H and O–H groups in total. The van der Waals surface area contributed by atoms with E-state index < -0.39 is 0 Å². The number of rotatable bonds is 4. The molecule has 3 heterocycles. The van der Waals surface area contributed by atoms with Crippen LogP contribution < -0.4 is 16.5 Å². The number of hydrogen-bond acceptors (Lipinski definition) is 7. The molecule has 0 amide bonds. The third-order valence-electron chi connectivity index (χ3n) is 5.86. The molecule has 0 saturated heterocycles. The number of pyridine rings is 1. The van der Waals surface area contributed by atoms with Crippen LogP contribution in [-0.4, -0.2) is 29.9 Å². The van der Waals surface area contributed by atoms with E-state index >= 15 is 0 Å². The van der Waals surface area contributed by atoms with Gasteiger partial charge in [0.2, 0.25) is 5.95 Å². The summed E-state index contributed by atoms with van der Waals surface area (Å²) in [6, 6.07) is 25.4. The van der Waals surface area contributed by atoms with Gasteiger partial charge in [-0.15, -0.1) is 4.73 Å². The van der Waals surface area contributed by atoms with E-state index in [0.29, 0.717) is 16.9 Å². The summed E-state index contributed by atoms with van der Waals surface area (Å²) < 4.78 is 0.764. The molecule has 0 unspecified atom stereocenters. The van der Waals surface area contributed by atoms with Crippen LogP contribution in [0.25, 0.3) is 33.3 Å². The summed E-state index contributed by atoms with van der Waals surface area (Å²) in [5.74, 6) is 0.734. The first-order valence-corrected chi connectivity index (χ1v) is 11.3. The van der Waals surface area contributed by atoms with Crippen LogP contribution >= 0.6 is 0 Å². The number of para-hydroxylation sites is 1. The SMILES string of the molecule is Cc1cc(=Nc2ccc3nc(-c4ccc(Nc5ccnc6ccccc56)cc4)[nH]c3c2)n(O)c(N)n1. The molecule has 0 fully saturated rings. The highest BCUT2D eigenvalue weighted by molar-refractivity contribution is 5.92. The molecule has 0 saturated carbocycles. The lowest BCUT2D eigenvalue weighted by Crippen LogP contribution is -2.23. The Kier molecular flexibility index (Phi) is 5.07. The first-order chi connectivity index (χ1) is 17.5. The standard InChI is InChI=1S/C27H22N8O/c1-16-14-25(35(36)27(28)30-16)32-19-10-11-23-24(15-19)34-26(33-23)17-6-8-18(9-7-17)31-22-12-13-29-21-5-3-2-4-20(21)22/h2-15,36H,1H3,(H2,28,30)(H,29,31)(H,33,34). The van der Waals surface area contributed by atoms with Crippen molar-refractivity contribution in [2.24, 2.45) is 4.99 Å². The van der Waals surface area contributed by atoms with Crippen LogP contribution in [-0.2, 0) is 0 Å². The van der Waals surface area contributed by atoms with E-state index in [4.69, 9.17) is 10.7 Å². The van der Waals surface area contributed by atoms with Crippen LogP contribution in [0.15, 0.2) is 90.1 Å². The van der Waals surface area contributed by atoms with Crippen LogP contribution in [0.4, 0.5) is 23.0 Å². The largest absolute Gasteiger partial charge is 0.423 e. The van der Waals surface area contributed by atoms with Crippen molar-refractivity contribution < 1.29 is 5.21 Å². The van der Waals surface area contributed by atoms with Gasteiger partial charge in [-0.1, -0.05) is 18.2 Å². The normalized spacial score (nSPS) is 11.9. The zero-order chi connectivity index (χ0) is 24.6. The fraction of sp³-hybridized carbons (Fsp3) is 0.0370. The number of nitrogens with zero attached hydrogens (tertiary/aromatic N) is 5. The minimum Gasteiger partial charge on any atom is -0.423 e. The molecule has 3 aromatic heterocycles. The Morgan fingerprint density at radius 2 is 1.78 bits per heavy atom. The molecule has 0 aliphatic heterocycles. The predicted octanol–water partition coefficient (Wildman–Crippen LogP) is 5.08. The second kappa shape index (κ2) is 8.55. The van der Waals surface area contributed by atoms with Crippen molar-refractivity contribution in [3.05, 3.63) is 96.2 Å². The van der Waals surface area contributed by atoms with Crippen molar-refractivity contribution in [3.63, 3.8) is 0 Å². The van der Waals surface area contributed by atoms with E-state index in [1.165, 1.54) is 0 Å². The molecule has 6 rings (SSSR count). The molecule has 6 aromatic rings. The first-order valence-electron chi connectivity index (χ1n) is 11.3. The number of hydrogen-bond donors (Lipinski definition) is 4. The summed E-state index contributed by atoms with van der Waals surface area (Å²) in [5.41, 5.74) is 12.9. The maximum Gasteiger partial charge on any atom is 0.236 e. The third-order valence-corrected chi connectivity index (χ3v) is 5.86. The van der Waals surface area contributed by atoms with Gasteiger partial charge in [-0.25, -0.2) is 15.0 Å². The second-order valence-corrected chi connectivity index (χ2v) is 8.40. The van der Waals surface area contributed by atoms with Gasteiger partial charge in [0.15, 0.2) is 5.49 Å². The highest BCUT2D eigenvalue weighted by Gasteiger charge is 2.08. The molecule has 3 aromatic carbocycles. The lowest BCUT2D eigenvalue weighted by Gasteiger charge is -2.09. The lowest BCUT2D eigenvalue weighted by molar-refractivity contribution is 0.175. The number of anilines is 3. The maximum atomic E-state index is 10.1. The predicted molar refractivity (Wildman–Crippen MR) is 140 cm³/mol. The van der Waals surface area contributed by atoms with Crippen molar-refractivity contribution in [1.82, 2.24) is 24.7 Å². The van der Waals surface area contributed by atoms with Gasteiger partial charge < -0.3 is 21.2 Å². The van der Waals surface area contributed by atoms with Crippen LogP contribution in [0.2, 0.25) is 0 Å². The Morgan fingerprint density at radius 3 is 2.64 bits per heavy atom. The van der Waals surface area contributed by atoms with Gasteiger partial charge >= 0.3 is 0 Å². The summed E-state index contributed by atoms with van der Waals surface area (Å²) >= 11 is 0. The summed E-state index contributed by atoms with van der Waals surface area (Å²) in [5, 5.41) is 14.7. The van der Waals surface area contributed by atoms with Gasteiger partial charge in [0.05, 0.1) is 22.2 Å². The second-order valence-electron chi connectivity index (χ2n) is 8.40. The average molecular weight is 475 g/mol. The van der Waals surface area contributed by atoms with Crippen molar-refractivity contribution in [1.29, 1.82) is 0 Å². The molecule has 36 heavy (non-hydrogen) atoms. The molecular weight excluding hydrogens is 452 g/mol. The topological polar surface area (TPSA) is 130 Å². The Hall–Kier alpha value is -5.18. The number of aromatic nitrogens is 5. The molecule has 0 spiro atoms. The fourth-order valence-electron chi connectivity index (χ4n) is 4.11. The molecule has 9 nitrogen and oxygen atoms in total. The van der Waals surface area contributed by atoms with Crippen LogP contribution in [0.1, 0.15) is 5.69 Å². The Bertz CT molecular complexity index is 1800. The quantitative estimate of drug-likeness (QED) is 0.264. The van der Waals surface area contributed by atoms with E-state index in [2.05, 4.69) is 31.3 Å². The van der Waals surface area contributed by atoms with E-state index in [-0.39, 0.29) is 5.95 Å². The summed E-state index contributed by atoms with van der Waals surface area (Å²) in [7, 11) is 0. The summed E-state index contributed by atoms with van der Waals surface area (Å²) in [6.45, 7) is 1.79. The van der Waals surface area contributed by atoms with Gasteiger partial charge in [-0.2, -0.15) is 0 Å². The molecule has 9 heteroatoms. The van der Waals surface area contributed by atoms with Crippen molar-refractivity contribution in [2.45, 2.75) is 6.92 Å². The smallest absolute Gasteiger partial charge is 0.236 e. The zero-order valence-electron chi connectivity index (χ0n) is 19.3. The Morgan fingerprint density at radius 1 is 0.944 bits per heavy atom. The number of fused-ring (bicyclic) bond motifs is 2. The fourth-order valence-corrected chi connectivity index (χ4v) is 4.11. The van der Waals surface area contributed by atoms with Crippen molar-refractivity contribution in [3.8, 4) is 11.4 Å². The van der Waals surface area contributed by atoms with Crippen molar-refractivity contribution >= 4 is 44.9 Å². The molecule has 0 aliphatic carbocycles. The van der Waals surface area contributed by atoms with Crippen molar-refractivity contribution in [2.75, 3.05) is 11.1 Å². The molecule has 0 radical (unpaired) electrons. The highest BCUT2D eigenvalue weighted by atomic mass is 16.5. The summed E-state index contributed by atoms with van der Waals surface area (Å²) in [4.78, 5) is 21.0. The number of benzene rings is 3. The molecular formula is C27H22N8O. The molecule has 176 valence electrons. The monoisotopic (exact) mass is 474 g/mol. The summed E-state index contributed by atoms with van der Waals surface area (Å²) in [6.07, 6.45) is 1.80. The van der Waals surface area contributed by atoms with Crippen LogP contribution in [0.3, 0.4) is 0 Å². The molecule has 0 atom stereocenters. The Balaban J connectivity index is 1.28. The maximum absolute atomic E-state index is 10.1. The van der Waals surface area contributed by atoms with E-state index in [0.717, 1.165) is 49.4 Å². The number of imidazole rings is 1. The van der Waals surface area contributed by atoms with Crippen LogP contribution in [0, 0.1) is 6.92 Å². The first kappa shape index (κ1) is 21.4. The lowest BCUT2D eigenvalue weighted by atomic mass is 10.1. The van der Waals surface area contributed by atoms with E-state index in [9.17, 15) is 5.21 Å². The minimum absolute atomic E-state index is 0.0197. The van der Waals surface area contributed by atoms with Gasteiger partial charge in [0.25, 0.3) is 0 Å². The minimum atomic E-state index is -0.0197. The van der Waals surface area contributed by atoms with E-state index in [1.54, 1.807) is 19.2 Å². The highest BCUT2D eigenvalue weighted by Crippen LogP contribution is 2.28. The van der Waals surface area contributed by atoms with Gasteiger partial charge in [-0.05, 0) is 61.5 Å². The molecule has 0 aliphatic rings. The van der Waals surface area contributed by atoms with Crippen LogP contribution in [0.5, 0.6) is 0 Å². The number of nitrogen functional groups attached to an aromatic ring is 1. The van der Waals surface area contributed by atoms with Gasteiger partial charge in [-0.3, -0.25) is 4.98 Å². The van der Waals surface area contributed by atoms with E-state index in [1.807, 2.05) is 66.7 Å². The number of nitrogens with one attached hydrogen (secondary N) is 2. The number of H-pyrrole nitrogens is 1. The number of aromatic amines is 1. The van der Waals surface area contributed by atoms with Gasteiger partial charge in [0, 0.05) is 40.3 Å².